The van der Waals surface area contributed by atoms with Crippen molar-refractivity contribution in [1.29, 1.82) is 0 Å². The first kappa shape index (κ1) is 18.5. The summed E-state index contributed by atoms with van der Waals surface area (Å²) in [7, 11) is 0. The zero-order valence-electron chi connectivity index (χ0n) is 13.0. The van der Waals surface area contributed by atoms with Gasteiger partial charge in [-0.25, -0.2) is 9.97 Å². The van der Waals surface area contributed by atoms with Gasteiger partial charge in [-0.05, 0) is 17.9 Å². The zero-order chi connectivity index (χ0) is 19.1. The molecule has 1 N–H and O–H groups in total. The second kappa shape index (κ2) is 6.45. The lowest BCUT2D eigenvalue weighted by molar-refractivity contribution is -0.141. The Morgan fingerprint density at radius 1 is 1.00 bits per heavy atom. The number of rotatable bonds is 3. The third-order valence-corrected chi connectivity index (χ3v) is 4.27. The van der Waals surface area contributed by atoms with Crippen molar-refractivity contribution in [3.8, 4) is 11.5 Å². The van der Waals surface area contributed by atoms with E-state index in [4.69, 9.17) is 0 Å². The lowest BCUT2D eigenvalue weighted by atomic mass is 10.2. The molecule has 0 saturated carbocycles. The number of H-pyrrole nitrogens is 1. The monoisotopic (exact) mass is 392 g/mol. The number of nitrogens with zero attached hydrogens (tertiary/aromatic N) is 3. The van der Waals surface area contributed by atoms with E-state index < -0.39 is 23.6 Å². The maximum Gasteiger partial charge on any atom is 0.433 e. The molecule has 4 nitrogen and oxygen atoms in total. The summed E-state index contributed by atoms with van der Waals surface area (Å²) >= 11 is 1.13. The van der Waals surface area contributed by atoms with Crippen molar-refractivity contribution in [3.05, 3.63) is 35.8 Å². The quantitative estimate of drug-likeness (QED) is 0.494. The molecular weight excluding hydrogens is 382 g/mol. The largest absolute Gasteiger partial charge is 0.433 e. The van der Waals surface area contributed by atoms with Gasteiger partial charge in [0.25, 0.3) is 0 Å². The Labute approximate surface area is 147 Å². The van der Waals surface area contributed by atoms with Crippen LogP contribution in [-0.2, 0) is 12.4 Å². The molecule has 0 spiro atoms. The minimum atomic E-state index is -4.62. The Morgan fingerprint density at radius 3 is 2.35 bits per heavy atom. The van der Waals surface area contributed by atoms with Crippen LogP contribution in [0.5, 0.6) is 0 Å². The predicted octanol–water partition coefficient (Wildman–Crippen LogP) is 5.17. The van der Waals surface area contributed by atoms with Crippen LogP contribution in [0.4, 0.5) is 26.3 Å². The van der Waals surface area contributed by atoms with Crippen LogP contribution in [0.2, 0.25) is 0 Å². The van der Waals surface area contributed by atoms with Gasteiger partial charge in [-0.3, -0.25) is 4.98 Å². The van der Waals surface area contributed by atoms with Crippen molar-refractivity contribution < 1.29 is 26.3 Å². The Hall–Kier alpha value is -2.30. The molecule has 0 saturated heterocycles. The highest BCUT2D eigenvalue weighted by Crippen LogP contribution is 2.36. The number of hydrogen-bond acceptors (Lipinski definition) is 4. The summed E-state index contributed by atoms with van der Waals surface area (Å²) in [6, 6.07) is 1.72. The van der Waals surface area contributed by atoms with E-state index in [2.05, 4.69) is 19.9 Å². The van der Waals surface area contributed by atoms with Crippen LogP contribution < -0.4 is 0 Å². The first-order chi connectivity index (χ1) is 12.1. The zero-order valence-corrected chi connectivity index (χ0v) is 13.9. The molecule has 0 aliphatic carbocycles. The fourth-order valence-corrected chi connectivity index (χ4v) is 3.03. The van der Waals surface area contributed by atoms with Gasteiger partial charge in [0.2, 0.25) is 0 Å². The van der Waals surface area contributed by atoms with E-state index in [1.165, 1.54) is 0 Å². The second-order valence-electron chi connectivity index (χ2n) is 5.17. The molecule has 138 valence electrons. The van der Waals surface area contributed by atoms with Crippen LogP contribution in [0.1, 0.15) is 18.2 Å². The van der Waals surface area contributed by atoms with Gasteiger partial charge in [-0.15, -0.1) is 11.8 Å². The molecule has 0 aliphatic rings. The number of aromatic nitrogens is 4. The third-order valence-electron chi connectivity index (χ3n) is 3.36. The number of alkyl halides is 6. The molecule has 0 radical (unpaired) electrons. The summed E-state index contributed by atoms with van der Waals surface area (Å²) in [5.74, 6) is 0.557. The van der Waals surface area contributed by atoms with Gasteiger partial charge in [-0.1, -0.05) is 6.92 Å². The molecule has 3 aromatic heterocycles. The molecule has 11 heteroatoms. The van der Waals surface area contributed by atoms with Crippen molar-refractivity contribution in [2.24, 2.45) is 0 Å². The molecule has 0 bridgehead atoms. The lowest BCUT2D eigenvalue weighted by Crippen LogP contribution is -2.07. The number of imidazole rings is 1. The molecule has 0 fully saturated rings. The number of nitrogens with one attached hydrogen (secondary N) is 1. The average Bonchev–Trinajstić information content (AvgIpc) is 2.96. The Kier molecular flexibility index (Phi) is 4.59. The summed E-state index contributed by atoms with van der Waals surface area (Å²) in [6.07, 6.45) is -7.52. The van der Waals surface area contributed by atoms with E-state index in [1.807, 2.05) is 0 Å². The van der Waals surface area contributed by atoms with Crippen LogP contribution in [-0.4, -0.2) is 25.7 Å². The molecule has 0 unspecified atom stereocenters. The van der Waals surface area contributed by atoms with Gasteiger partial charge in [0.15, 0.2) is 5.82 Å². The maximum atomic E-state index is 12.9. The van der Waals surface area contributed by atoms with E-state index in [-0.39, 0.29) is 27.4 Å². The van der Waals surface area contributed by atoms with E-state index in [0.29, 0.717) is 11.9 Å². The molecule has 3 aromatic rings. The van der Waals surface area contributed by atoms with Gasteiger partial charge in [0, 0.05) is 11.1 Å². The second-order valence-corrected chi connectivity index (χ2v) is 6.48. The highest BCUT2D eigenvalue weighted by molar-refractivity contribution is 7.99. The number of pyridine rings is 2. The van der Waals surface area contributed by atoms with Crippen LogP contribution in [0, 0.1) is 0 Å². The molecular formula is C15H10F6N4S. The SMILES string of the molecule is CCSc1cc(C(F)(F)F)cnc1-c1nc2cc(C(F)(F)F)ncc2[nH]1. The van der Waals surface area contributed by atoms with E-state index in [1.54, 1.807) is 6.92 Å². The van der Waals surface area contributed by atoms with Crippen molar-refractivity contribution in [3.63, 3.8) is 0 Å². The maximum absolute atomic E-state index is 12.9. The van der Waals surface area contributed by atoms with Gasteiger partial charge in [0.1, 0.15) is 11.4 Å². The van der Waals surface area contributed by atoms with Crippen LogP contribution in [0.3, 0.4) is 0 Å². The molecule has 26 heavy (non-hydrogen) atoms. The first-order valence-electron chi connectivity index (χ1n) is 7.23. The lowest BCUT2D eigenvalue weighted by Gasteiger charge is -2.10. The molecule has 0 aromatic carbocycles. The topological polar surface area (TPSA) is 54.5 Å². The Balaban J connectivity index is 2.10. The van der Waals surface area contributed by atoms with Crippen LogP contribution in [0.25, 0.3) is 22.6 Å². The summed E-state index contributed by atoms with van der Waals surface area (Å²) < 4.78 is 76.9. The van der Waals surface area contributed by atoms with Gasteiger partial charge < -0.3 is 4.98 Å². The summed E-state index contributed by atoms with van der Waals surface area (Å²) in [5, 5.41) is 0. The first-order valence-corrected chi connectivity index (χ1v) is 8.21. The molecule has 3 rings (SSSR count). The van der Waals surface area contributed by atoms with Crippen LogP contribution in [0.15, 0.2) is 29.4 Å². The average molecular weight is 392 g/mol. The summed E-state index contributed by atoms with van der Waals surface area (Å²) in [4.78, 5) is 14.2. The highest BCUT2D eigenvalue weighted by Gasteiger charge is 2.33. The van der Waals surface area contributed by atoms with Gasteiger partial charge in [0.05, 0.1) is 22.8 Å². The molecule has 3 heterocycles. The van der Waals surface area contributed by atoms with Crippen molar-refractivity contribution in [2.45, 2.75) is 24.2 Å². The molecule has 0 aliphatic heterocycles. The normalized spacial score (nSPS) is 12.7. The standard InChI is InChI=1S/C15H10F6N4S/c1-2-26-10-3-7(14(16,17)18)5-23-12(10)13-24-8-4-11(15(19,20)21)22-6-9(8)25-13/h3-6H,2H2,1H3,(H,24,25). The highest BCUT2D eigenvalue weighted by atomic mass is 32.2. The smallest absolute Gasteiger partial charge is 0.335 e. The number of fused-ring (bicyclic) bond motifs is 1. The fourth-order valence-electron chi connectivity index (χ4n) is 2.22. The predicted molar refractivity (Wildman–Crippen MR) is 83.5 cm³/mol. The summed E-state index contributed by atoms with van der Waals surface area (Å²) in [6.45, 7) is 1.76. The number of halogens is 6. The third kappa shape index (κ3) is 3.62. The van der Waals surface area contributed by atoms with E-state index >= 15 is 0 Å². The van der Waals surface area contributed by atoms with Gasteiger partial charge in [-0.2, -0.15) is 26.3 Å². The van der Waals surface area contributed by atoms with Crippen LogP contribution >= 0.6 is 11.8 Å². The van der Waals surface area contributed by atoms with E-state index in [9.17, 15) is 26.3 Å². The summed E-state index contributed by atoms with van der Waals surface area (Å²) in [5.41, 5.74) is -1.66. The minimum Gasteiger partial charge on any atom is -0.335 e. The number of hydrogen-bond donors (Lipinski definition) is 1. The fraction of sp³-hybridized carbons (Fsp3) is 0.267. The minimum absolute atomic E-state index is 0.00327. The van der Waals surface area contributed by atoms with Gasteiger partial charge >= 0.3 is 12.4 Å². The van der Waals surface area contributed by atoms with E-state index in [0.717, 1.165) is 30.1 Å². The number of aromatic amines is 1. The van der Waals surface area contributed by atoms with Crippen molar-refractivity contribution in [1.82, 2.24) is 19.9 Å². The number of thioether (sulfide) groups is 1. The van der Waals surface area contributed by atoms with Crippen molar-refractivity contribution >= 4 is 22.8 Å². The van der Waals surface area contributed by atoms with Crippen molar-refractivity contribution in [2.75, 3.05) is 5.75 Å². The Bertz CT molecular complexity index is 947. The molecule has 0 amide bonds. The molecule has 0 atom stereocenters. The Morgan fingerprint density at radius 2 is 1.73 bits per heavy atom.